The van der Waals surface area contributed by atoms with Crippen molar-refractivity contribution in [1.82, 2.24) is 14.9 Å². The molecule has 0 bridgehead atoms. The molecule has 220 valence electrons. The monoisotopic (exact) mass is 597 g/mol. The number of nitrogens with zero attached hydrogens (tertiary/aromatic N) is 2. The fourth-order valence-electron chi connectivity index (χ4n) is 5.48. The van der Waals surface area contributed by atoms with Crippen LogP contribution in [-0.2, 0) is 22.3 Å². The lowest BCUT2D eigenvalue weighted by atomic mass is 9.71. The number of thioether (sulfide) groups is 1. The van der Waals surface area contributed by atoms with E-state index in [0.717, 1.165) is 53.7 Å². The molecule has 10 heteroatoms. The van der Waals surface area contributed by atoms with Gasteiger partial charge in [-0.25, -0.2) is 22.5 Å². The molecule has 1 aromatic heterocycles. The standard InChI is InChI=1S/C32H31F4N3O2S/c1-19-15-21(6-11-25(19)34)32(2)12-4-5-28-29(32)39(23-9-7-22(33)8-10-23)31(38-28)42-18-24-26(35)16-20(17-27(24)36)30(40)37-13-14-41-3/h6-11,15-17H,4-5,12-14,18H2,1-3H3,(H,37,40). The fraction of sp³-hybridized carbons (Fsp3) is 0.312. The Kier molecular flexibility index (Phi) is 8.75. The number of hydrogen-bond donors (Lipinski definition) is 1. The van der Waals surface area contributed by atoms with Crippen LogP contribution in [0.15, 0.2) is 59.8 Å². The normalized spacial score (nSPS) is 16.4. The number of hydrogen-bond acceptors (Lipinski definition) is 4. The Morgan fingerprint density at radius 3 is 2.43 bits per heavy atom. The first-order valence-corrected chi connectivity index (χ1v) is 14.6. The predicted molar refractivity (Wildman–Crippen MR) is 154 cm³/mol. The van der Waals surface area contributed by atoms with Crippen LogP contribution in [0.2, 0.25) is 0 Å². The first kappa shape index (κ1) is 29.8. The van der Waals surface area contributed by atoms with E-state index in [1.54, 1.807) is 25.1 Å². The van der Waals surface area contributed by atoms with Gasteiger partial charge < -0.3 is 10.1 Å². The summed E-state index contributed by atoms with van der Waals surface area (Å²) in [7, 11) is 1.49. The lowest BCUT2D eigenvalue weighted by Crippen LogP contribution is -2.31. The van der Waals surface area contributed by atoms with Crippen molar-refractivity contribution in [3.63, 3.8) is 0 Å². The van der Waals surface area contributed by atoms with E-state index < -0.39 is 28.8 Å². The minimum atomic E-state index is -0.837. The van der Waals surface area contributed by atoms with Crippen LogP contribution in [0.3, 0.4) is 0 Å². The second-order valence-corrected chi connectivity index (χ2v) is 11.5. The van der Waals surface area contributed by atoms with Crippen molar-refractivity contribution in [3.05, 3.63) is 112 Å². The third-order valence-electron chi connectivity index (χ3n) is 7.75. The number of nitrogens with one attached hydrogen (secondary N) is 1. The number of methoxy groups -OCH3 is 1. The fourth-order valence-corrected chi connectivity index (χ4v) is 6.53. The highest BCUT2D eigenvalue weighted by atomic mass is 32.2. The minimum absolute atomic E-state index is 0.0906. The zero-order valence-electron chi connectivity index (χ0n) is 23.6. The van der Waals surface area contributed by atoms with Gasteiger partial charge in [0.1, 0.15) is 23.3 Å². The highest BCUT2D eigenvalue weighted by Crippen LogP contribution is 2.46. The average molecular weight is 598 g/mol. The molecule has 0 radical (unpaired) electrons. The summed E-state index contributed by atoms with van der Waals surface area (Å²) in [6.45, 7) is 4.30. The summed E-state index contributed by atoms with van der Waals surface area (Å²) < 4.78 is 65.1. The van der Waals surface area contributed by atoms with Crippen LogP contribution in [0.1, 0.15) is 58.2 Å². The van der Waals surface area contributed by atoms with Crippen molar-refractivity contribution in [1.29, 1.82) is 0 Å². The minimum Gasteiger partial charge on any atom is -0.383 e. The molecule has 5 nitrogen and oxygen atoms in total. The van der Waals surface area contributed by atoms with Crippen LogP contribution in [0.4, 0.5) is 17.6 Å². The van der Waals surface area contributed by atoms with Crippen LogP contribution in [0.25, 0.3) is 5.69 Å². The van der Waals surface area contributed by atoms with Crippen molar-refractivity contribution in [2.75, 3.05) is 20.3 Å². The van der Waals surface area contributed by atoms with Crippen molar-refractivity contribution in [2.24, 2.45) is 0 Å². The Hall–Kier alpha value is -3.63. The molecular weight excluding hydrogens is 566 g/mol. The summed E-state index contributed by atoms with van der Waals surface area (Å²) in [6, 6.07) is 13.1. The third kappa shape index (κ3) is 5.83. The Morgan fingerprint density at radius 1 is 1.05 bits per heavy atom. The number of carbonyl (C=O) groups is 1. The van der Waals surface area contributed by atoms with E-state index in [9.17, 15) is 13.6 Å². The lowest BCUT2D eigenvalue weighted by molar-refractivity contribution is 0.0936. The molecule has 42 heavy (non-hydrogen) atoms. The number of rotatable bonds is 9. The van der Waals surface area contributed by atoms with Gasteiger partial charge in [0, 0.05) is 41.6 Å². The van der Waals surface area contributed by atoms with Gasteiger partial charge in [0.25, 0.3) is 5.91 Å². The van der Waals surface area contributed by atoms with E-state index >= 15 is 8.78 Å². The topological polar surface area (TPSA) is 56.1 Å². The summed E-state index contributed by atoms with van der Waals surface area (Å²) in [6.07, 6.45) is 2.32. The van der Waals surface area contributed by atoms with Crippen molar-refractivity contribution >= 4 is 17.7 Å². The molecule has 5 rings (SSSR count). The van der Waals surface area contributed by atoms with Crippen molar-refractivity contribution < 1.29 is 27.1 Å². The lowest BCUT2D eigenvalue weighted by Gasteiger charge is -2.36. The molecule has 0 aliphatic heterocycles. The summed E-state index contributed by atoms with van der Waals surface area (Å²) >= 11 is 1.15. The molecule has 1 aliphatic carbocycles. The highest BCUT2D eigenvalue weighted by molar-refractivity contribution is 7.98. The first-order chi connectivity index (χ1) is 20.1. The van der Waals surface area contributed by atoms with Gasteiger partial charge in [0.15, 0.2) is 5.16 Å². The molecule has 1 N–H and O–H groups in total. The van der Waals surface area contributed by atoms with E-state index in [4.69, 9.17) is 9.72 Å². The van der Waals surface area contributed by atoms with Gasteiger partial charge in [0.2, 0.25) is 0 Å². The first-order valence-electron chi connectivity index (χ1n) is 13.6. The molecule has 0 spiro atoms. The second kappa shape index (κ2) is 12.3. The van der Waals surface area contributed by atoms with Gasteiger partial charge in [-0.15, -0.1) is 0 Å². The van der Waals surface area contributed by atoms with Gasteiger partial charge in [-0.2, -0.15) is 0 Å². The highest BCUT2D eigenvalue weighted by Gasteiger charge is 2.39. The number of benzene rings is 3. The smallest absolute Gasteiger partial charge is 0.251 e. The SMILES string of the molecule is COCCNC(=O)c1cc(F)c(CSc2nc3c(n2-c2ccc(F)cc2)C(C)(c2ccc(F)c(C)c2)CCC3)c(F)c1. The molecular formula is C32H31F4N3O2S. The van der Waals surface area contributed by atoms with E-state index in [1.807, 2.05) is 10.6 Å². The zero-order valence-corrected chi connectivity index (χ0v) is 24.4. The van der Waals surface area contributed by atoms with Crippen LogP contribution < -0.4 is 5.32 Å². The number of carbonyl (C=O) groups excluding carboxylic acids is 1. The van der Waals surface area contributed by atoms with Crippen LogP contribution in [0.5, 0.6) is 0 Å². The number of aryl methyl sites for hydroxylation is 2. The van der Waals surface area contributed by atoms with E-state index in [-0.39, 0.29) is 35.8 Å². The molecule has 1 heterocycles. The summed E-state index contributed by atoms with van der Waals surface area (Å²) in [5.41, 5.74) is 2.99. The maximum absolute atomic E-state index is 15.1. The molecule has 1 atom stereocenters. The Morgan fingerprint density at radius 2 is 1.76 bits per heavy atom. The second-order valence-electron chi connectivity index (χ2n) is 10.6. The maximum atomic E-state index is 15.1. The average Bonchev–Trinajstić information content (AvgIpc) is 3.34. The Bertz CT molecular complexity index is 1600. The summed E-state index contributed by atoms with van der Waals surface area (Å²) in [5, 5.41) is 3.05. The Labute approximate surface area is 246 Å². The van der Waals surface area contributed by atoms with E-state index in [1.165, 1.54) is 25.3 Å². The van der Waals surface area contributed by atoms with Crippen LogP contribution in [-0.4, -0.2) is 35.7 Å². The quantitative estimate of drug-likeness (QED) is 0.128. The summed E-state index contributed by atoms with van der Waals surface area (Å²) in [4.78, 5) is 17.2. The molecule has 1 unspecified atom stereocenters. The largest absolute Gasteiger partial charge is 0.383 e. The number of imidazole rings is 1. The van der Waals surface area contributed by atoms with E-state index in [2.05, 4.69) is 12.2 Å². The predicted octanol–water partition coefficient (Wildman–Crippen LogP) is 7.05. The molecule has 0 fully saturated rings. The van der Waals surface area contributed by atoms with Crippen molar-refractivity contribution in [3.8, 4) is 5.69 Å². The van der Waals surface area contributed by atoms with Gasteiger partial charge in [-0.05, 0) is 86.7 Å². The molecule has 0 saturated carbocycles. The van der Waals surface area contributed by atoms with Crippen LogP contribution >= 0.6 is 11.8 Å². The van der Waals surface area contributed by atoms with Gasteiger partial charge in [-0.3, -0.25) is 9.36 Å². The zero-order chi connectivity index (χ0) is 30.0. The number of ether oxygens (including phenoxy) is 1. The molecule has 0 saturated heterocycles. The Balaban J connectivity index is 1.53. The van der Waals surface area contributed by atoms with Gasteiger partial charge in [-0.1, -0.05) is 23.9 Å². The van der Waals surface area contributed by atoms with Crippen molar-refractivity contribution in [2.45, 2.75) is 49.4 Å². The molecule has 1 aliphatic rings. The van der Waals surface area contributed by atoms with Crippen LogP contribution in [0, 0.1) is 30.2 Å². The number of aromatic nitrogens is 2. The van der Waals surface area contributed by atoms with E-state index in [0.29, 0.717) is 22.8 Å². The number of halogens is 4. The molecule has 1 amide bonds. The van der Waals surface area contributed by atoms with Gasteiger partial charge >= 0.3 is 0 Å². The number of fused-ring (bicyclic) bond motifs is 1. The number of amides is 1. The molecule has 4 aromatic rings. The third-order valence-corrected chi connectivity index (χ3v) is 8.72. The maximum Gasteiger partial charge on any atom is 0.251 e. The van der Waals surface area contributed by atoms with Gasteiger partial charge in [0.05, 0.1) is 18.0 Å². The summed E-state index contributed by atoms with van der Waals surface area (Å²) in [5.74, 6) is -3.05. The molecule has 3 aromatic carbocycles.